The molecule has 124 valence electrons. The Bertz CT molecular complexity index is 416. The number of rotatable bonds is 9. The number of nitrogens with one attached hydrogen (secondary N) is 2. The van der Waals surface area contributed by atoms with E-state index in [1.807, 2.05) is 30.3 Å². The zero-order valence-corrected chi connectivity index (χ0v) is 14.4. The molecule has 4 heteroatoms. The maximum Gasteiger partial charge on any atom is 0.315 e. The zero-order chi connectivity index (χ0) is 16.4. The summed E-state index contributed by atoms with van der Waals surface area (Å²) in [4.78, 5) is 14.4. The van der Waals surface area contributed by atoms with Gasteiger partial charge in [0.1, 0.15) is 0 Å². The second-order valence-electron chi connectivity index (χ2n) is 6.05. The third-order valence-electron chi connectivity index (χ3n) is 3.87. The predicted octanol–water partition coefficient (Wildman–Crippen LogP) is 3.24. The maximum atomic E-state index is 12.0. The third kappa shape index (κ3) is 6.94. The van der Waals surface area contributed by atoms with Gasteiger partial charge in [-0.25, -0.2) is 4.79 Å². The molecule has 1 atom stereocenters. The van der Waals surface area contributed by atoms with Gasteiger partial charge in [-0.05, 0) is 31.0 Å². The molecule has 0 aliphatic heterocycles. The SMILES string of the molecule is CCN(CC)C(CNC(=O)NCc1ccccc1)CC(C)C. The highest BCUT2D eigenvalue weighted by Crippen LogP contribution is 2.10. The molecule has 0 heterocycles. The van der Waals surface area contributed by atoms with Gasteiger partial charge in [-0.2, -0.15) is 0 Å². The molecule has 0 saturated heterocycles. The lowest BCUT2D eigenvalue weighted by Gasteiger charge is -2.31. The molecule has 1 aromatic rings. The van der Waals surface area contributed by atoms with Gasteiger partial charge in [0.25, 0.3) is 0 Å². The summed E-state index contributed by atoms with van der Waals surface area (Å²) in [6, 6.07) is 10.3. The van der Waals surface area contributed by atoms with Crippen LogP contribution in [0.25, 0.3) is 0 Å². The van der Waals surface area contributed by atoms with Crippen molar-refractivity contribution in [2.75, 3.05) is 19.6 Å². The van der Waals surface area contributed by atoms with Crippen LogP contribution in [-0.4, -0.2) is 36.6 Å². The molecule has 0 aromatic heterocycles. The number of carbonyl (C=O) groups excluding carboxylic acids is 1. The van der Waals surface area contributed by atoms with Crippen LogP contribution in [0.1, 0.15) is 39.7 Å². The summed E-state index contributed by atoms with van der Waals surface area (Å²) in [5, 5.41) is 5.93. The highest BCUT2D eigenvalue weighted by atomic mass is 16.2. The zero-order valence-electron chi connectivity index (χ0n) is 14.4. The van der Waals surface area contributed by atoms with Crippen molar-refractivity contribution in [1.82, 2.24) is 15.5 Å². The van der Waals surface area contributed by atoms with Gasteiger partial charge in [0.05, 0.1) is 0 Å². The van der Waals surface area contributed by atoms with E-state index in [-0.39, 0.29) is 6.03 Å². The number of likely N-dealkylation sites (N-methyl/N-ethyl adjacent to an activating group) is 1. The highest BCUT2D eigenvalue weighted by molar-refractivity contribution is 5.73. The lowest BCUT2D eigenvalue weighted by atomic mass is 10.0. The summed E-state index contributed by atoms with van der Waals surface area (Å²) in [5.41, 5.74) is 1.11. The van der Waals surface area contributed by atoms with Crippen molar-refractivity contribution in [3.8, 4) is 0 Å². The number of nitrogens with zero attached hydrogens (tertiary/aromatic N) is 1. The third-order valence-corrected chi connectivity index (χ3v) is 3.87. The summed E-state index contributed by atoms with van der Waals surface area (Å²) in [5.74, 6) is 0.625. The Balaban J connectivity index is 2.41. The summed E-state index contributed by atoms with van der Waals surface area (Å²) < 4.78 is 0. The van der Waals surface area contributed by atoms with E-state index in [0.717, 1.165) is 25.1 Å². The van der Waals surface area contributed by atoms with Crippen molar-refractivity contribution >= 4 is 6.03 Å². The molecule has 1 unspecified atom stereocenters. The topological polar surface area (TPSA) is 44.4 Å². The van der Waals surface area contributed by atoms with E-state index in [4.69, 9.17) is 0 Å². The van der Waals surface area contributed by atoms with E-state index in [0.29, 0.717) is 25.0 Å². The van der Waals surface area contributed by atoms with Crippen molar-refractivity contribution in [2.45, 2.75) is 46.7 Å². The Hall–Kier alpha value is -1.55. The van der Waals surface area contributed by atoms with Crippen LogP contribution in [0.5, 0.6) is 0 Å². The largest absolute Gasteiger partial charge is 0.337 e. The minimum absolute atomic E-state index is 0.0928. The van der Waals surface area contributed by atoms with Crippen molar-refractivity contribution in [3.63, 3.8) is 0 Å². The molecule has 4 nitrogen and oxygen atoms in total. The van der Waals surface area contributed by atoms with Gasteiger partial charge >= 0.3 is 6.03 Å². The van der Waals surface area contributed by atoms with Gasteiger partial charge in [0, 0.05) is 19.1 Å². The standard InChI is InChI=1S/C18H31N3O/c1-5-21(6-2)17(12-15(3)4)14-20-18(22)19-13-16-10-8-7-9-11-16/h7-11,15,17H,5-6,12-14H2,1-4H3,(H2,19,20,22). The molecule has 1 aromatic carbocycles. The maximum absolute atomic E-state index is 12.0. The fourth-order valence-electron chi connectivity index (χ4n) is 2.70. The van der Waals surface area contributed by atoms with E-state index in [1.54, 1.807) is 0 Å². The van der Waals surface area contributed by atoms with Crippen molar-refractivity contribution in [3.05, 3.63) is 35.9 Å². The fourth-order valence-corrected chi connectivity index (χ4v) is 2.70. The fraction of sp³-hybridized carbons (Fsp3) is 0.611. The van der Waals surface area contributed by atoms with Crippen LogP contribution in [0.15, 0.2) is 30.3 Å². The van der Waals surface area contributed by atoms with E-state index >= 15 is 0 Å². The van der Waals surface area contributed by atoms with Crippen LogP contribution >= 0.6 is 0 Å². The van der Waals surface area contributed by atoms with Crippen LogP contribution in [0.4, 0.5) is 4.79 Å². The summed E-state index contributed by atoms with van der Waals surface area (Å²) in [6.45, 7) is 12.1. The average molecular weight is 305 g/mol. The second kappa shape index (κ2) is 10.2. The molecule has 1 rings (SSSR count). The Morgan fingerprint density at radius 3 is 2.27 bits per heavy atom. The first-order chi connectivity index (χ1) is 10.6. The normalized spacial score (nSPS) is 12.5. The first-order valence-corrected chi connectivity index (χ1v) is 8.36. The van der Waals surface area contributed by atoms with E-state index in [1.165, 1.54) is 0 Å². The lowest BCUT2D eigenvalue weighted by molar-refractivity contribution is 0.184. The smallest absolute Gasteiger partial charge is 0.315 e. The molecular formula is C18H31N3O. The Morgan fingerprint density at radius 1 is 1.09 bits per heavy atom. The molecule has 0 aliphatic carbocycles. The second-order valence-corrected chi connectivity index (χ2v) is 6.05. The van der Waals surface area contributed by atoms with Gasteiger partial charge in [-0.1, -0.05) is 58.0 Å². The molecule has 0 saturated carbocycles. The lowest BCUT2D eigenvalue weighted by Crippen LogP contribution is -2.46. The molecule has 0 aliphatic rings. The van der Waals surface area contributed by atoms with Crippen molar-refractivity contribution in [1.29, 1.82) is 0 Å². The predicted molar refractivity (Wildman–Crippen MR) is 92.8 cm³/mol. The minimum Gasteiger partial charge on any atom is -0.337 e. The van der Waals surface area contributed by atoms with Crippen molar-refractivity contribution in [2.24, 2.45) is 5.92 Å². The Morgan fingerprint density at radius 2 is 1.73 bits per heavy atom. The molecular weight excluding hydrogens is 274 g/mol. The van der Waals surface area contributed by atoms with Gasteiger partial charge < -0.3 is 10.6 Å². The van der Waals surface area contributed by atoms with Crippen LogP contribution in [0.2, 0.25) is 0 Å². The molecule has 22 heavy (non-hydrogen) atoms. The Labute approximate surface area is 135 Å². The van der Waals surface area contributed by atoms with Gasteiger partial charge in [-0.3, -0.25) is 4.90 Å². The van der Waals surface area contributed by atoms with Crippen LogP contribution < -0.4 is 10.6 Å². The van der Waals surface area contributed by atoms with Crippen LogP contribution in [-0.2, 0) is 6.54 Å². The van der Waals surface area contributed by atoms with E-state index in [2.05, 4.69) is 43.2 Å². The summed E-state index contributed by atoms with van der Waals surface area (Å²) >= 11 is 0. The van der Waals surface area contributed by atoms with E-state index < -0.39 is 0 Å². The number of hydrogen-bond donors (Lipinski definition) is 2. The molecule has 2 amide bonds. The van der Waals surface area contributed by atoms with E-state index in [9.17, 15) is 4.79 Å². The average Bonchev–Trinajstić information content (AvgIpc) is 2.52. The minimum atomic E-state index is -0.0928. The number of carbonyl (C=O) groups is 1. The summed E-state index contributed by atoms with van der Waals surface area (Å²) in [7, 11) is 0. The molecule has 0 radical (unpaired) electrons. The van der Waals surface area contributed by atoms with Crippen molar-refractivity contribution < 1.29 is 4.79 Å². The first-order valence-electron chi connectivity index (χ1n) is 8.36. The van der Waals surface area contributed by atoms with Gasteiger partial charge in [-0.15, -0.1) is 0 Å². The molecule has 0 bridgehead atoms. The molecule has 0 spiro atoms. The van der Waals surface area contributed by atoms with Crippen LogP contribution in [0.3, 0.4) is 0 Å². The summed E-state index contributed by atoms with van der Waals surface area (Å²) in [6.07, 6.45) is 1.10. The van der Waals surface area contributed by atoms with Gasteiger partial charge in [0.2, 0.25) is 0 Å². The first kappa shape index (κ1) is 18.5. The Kier molecular flexibility index (Phi) is 8.60. The number of hydrogen-bond acceptors (Lipinski definition) is 2. The number of amides is 2. The highest BCUT2D eigenvalue weighted by Gasteiger charge is 2.17. The monoisotopic (exact) mass is 305 g/mol. The number of urea groups is 1. The van der Waals surface area contributed by atoms with Gasteiger partial charge in [0.15, 0.2) is 0 Å². The molecule has 2 N–H and O–H groups in total. The number of benzene rings is 1. The molecule has 0 fully saturated rings. The quantitative estimate of drug-likeness (QED) is 0.735. The van der Waals surface area contributed by atoms with Crippen LogP contribution in [0, 0.1) is 5.92 Å².